The Morgan fingerprint density at radius 2 is 2.25 bits per heavy atom. The summed E-state index contributed by atoms with van der Waals surface area (Å²) < 4.78 is 0. The molecule has 2 atom stereocenters. The van der Waals surface area contributed by atoms with Crippen LogP contribution in [0.4, 0.5) is 0 Å². The van der Waals surface area contributed by atoms with E-state index >= 15 is 0 Å². The van der Waals surface area contributed by atoms with Gasteiger partial charge in [0.15, 0.2) is 0 Å². The third-order valence-corrected chi connectivity index (χ3v) is 4.67. The Balaban J connectivity index is 1.60. The predicted octanol–water partition coefficient (Wildman–Crippen LogP) is 2.52. The van der Waals surface area contributed by atoms with Gasteiger partial charge in [0.1, 0.15) is 0 Å². The first-order valence-electron chi connectivity index (χ1n) is 7.80. The van der Waals surface area contributed by atoms with Crippen LogP contribution in [0.2, 0.25) is 0 Å². The van der Waals surface area contributed by atoms with Crippen molar-refractivity contribution in [3.05, 3.63) is 35.4 Å². The predicted molar refractivity (Wildman–Crippen MR) is 80.2 cm³/mol. The molecule has 1 aromatic rings. The highest BCUT2D eigenvalue weighted by molar-refractivity contribution is 5.32. The van der Waals surface area contributed by atoms with E-state index < -0.39 is 0 Å². The molecule has 0 bridgehead atoms. The topological polar surface area (TPSA) is 39.1 Å². The normalized spacial score (nSPS) is 27.4. The summed E-state index contributed by atoms with van der Waals surface area (Å²) in [4.78, 5) is 2.56. The molecule has 2 aliphatic rings. The summed E-state index contributed by atoms with van der Waals surface area (Å²) in [5.74, 6) is 0.811. The lowest BCUT2D eigenvalue weighted by Gasteiger charge is -2.35. The van der Waals surface area contributed by atoms with Gasteiger partial charge in [-0.1, -0.05) is 12.1 Å². The summed E-state index contributed by atoms with van der Waals surface area (Å²) in [5.41, 5.74) is 2.04. The molecule has 2 fully saturated rings. The van der Waals surface area contributed by atoms with E-state index in [0.717, 1.165) is 24.1 Å². The molecular formula is C17H23N3. The Bertz CT molecular complexity index is 485. The largest absolute Gasteiger partial charge is 0.314 e. The molecule has 0 saturated carbocycles. The van der Waals surface area contributed by atoms with E-state index in [0.29, 0.717) is 0 Å². The van der Waals surface area contributed by atoms with Crippen molar-refractivity contribution in [1.29, 1.82) is 5.26 Å². The highest BCUT2D eigenvalue weighted by atomic mass is 15.1. The Kier molecular flexibility index (Phi) is 4.34. The van der Waals surface area contributed by atoms with Gasteiger partial charge in [0.05, 0.1) is 11.6 Å². The van der Waals surface area contributed by atoms with E-state index in [1.807, 2.05) is 18.2 Å². The quantitative estimate of drug-likeness (QED) is 0.916. The smallest absolute Gasteiger partial charge is 0.0991 e. The summed E-state index contributed by atoms with van der Waals surface area (Å²) in [7, 11) is 0. The van der Waals surface area contributed by atoms with Crippen molar-refractivity contribution >= 4 is 0 Å². The Hall–Kier alpha value is -1.37. The second-order valence-corrected chi connectivity index (χ2v) is 6.15. The Labute approximate surface area is 121 Å². The molecule has 2 heterocycles. The standard InChI is InChI=1S/C17H23N3/c18-11-14-4-1-5-15(10-14)12-20-9-3-6-16(13-20)17-7-2-8-19-17/h1,4-5,10,16-17,19H,2-3,6-9,12-13H2. The summed E-state index contributed by atoms with van der Waals surface area (Å²) in [6, 6.07) is 11.0. The zero-order valence-electron chi connectivity index (χ0n) is 12.0. The van der Waals surface area contributed by atoms with Gasteiger partial charge < -0.3 is 5.32 Å². The zero-order chi connectivity index (χ0) is 13.8. The number of likely N-dealkylation sites (tertiary alicyclic amines) is 1. The van der Waals surface area contributed by atoms with Crippen molar-refractivity contribution in [3.8, 4) is 6.07 Å². The molecule has 20 heavy (non-hydrogen) atoms. The molecule has 1 N–H and O–H groups in total. The maximum atomic E-state index is 8.98. The van der Waals surface area contributed by atoms with Gasteiger partial charge in [0, 0.05) is 19.1 Å². The Morgan fingerprint density at radius 3 is 3.05 bits per heavy atom. The molecular weight excluding hydrogens is 246 g/mol. The summed E-state index contributed by atoms with van der Waals surface area (Å²) in [6.07, 6.45) is 5.36. The van der Waals surface area contributed by atoms with Crippen molar-refractivity contribution < 1.29 is 0 Å². The van der Waals surface area contributed by atoms with E-state index in [2.05, 4.69) is 22.4 Å². The monoisotopic (exact) mass is 269 g/mol. The molecule has 0 amide bonds. The minimum atomic E-state index is 0.739. The molecule has 2 aliphatic heterocycles. The van der Waals surface area contributed by atoms with Crippen LogP contribution in [0.25, 0.3) is 0 Å². The van der Waals surface area contributed by atoms with Crippen LogP contribution in [0.3, 0.4) is 0 Å². The Morgan fingerprint density at radius 1 is 1.30 bits per heavy atom. The highest BCUT2D eigenvalue weighted by Crippen LogP contribution is 2.25. The number of piperidine rings is 1. The number of nitrogens with zero attached hydrogens (tertiary/aromatic N) is 2. The van der Waals surface area contributed by atoms with E-state index in [9.17, 15) is 0 Å². The number of nitriles is 1. The van der Waals surface area contributed by atoms with Gasteiger partial charge >= 0.3 is 0 Å². The lowest BCUT2D eigenvalue weighted by molar-refractivity contribution is 0.145. The van der Waals surface area contributed by atoms with Crippen molar-refractivity contribution in [2.45, 2.75) is 38.3 Å². The van der Waals surface area contributed by atoms with Crippen LogP contribution in [0.15, 0.2) is 24.3 Å². The molecule has 3 nitrogen and oxygen atoms in total. The first-order valence-corrected chi connectivity index (χ1v) is 7.80. The number of nitrogens with one attached hydrogen (secondary N) is 1. The van der Waals surface area contributed by atoms with Crippen molar-refractivity contribution in [2.75, 3.05) is 19.6 Å². The van der Waals surface area contributed by atoms with E-state index in [1.54, 1.807) is 0 Å². The average Bonchev–Trinajstić information content (AvgIpc) is 3.02. The maximum Gasteiger partial charge on any atom is 0.0991 e. The average molecular weight is 269 g/mol. The fourth-order valence-corrected chi connectivity index (χ4v) is 3.67. The zero-order valence-corrected chi connectivity index (χ0v) is 12.0. The molecule has 2 unspecified atom stereocenters. The number of benzene rings is 1. The molecule has 1 aromatic carbocycles. The third kappa shape index (κ3) is 3.20. The van der Waals surface area contributed by atoms with Gasteiger partial charge in [-0.05, 0) is 62.4 Å². The van der Waals surface area contributed by atoms with Crippen molar-refractivity contribution in [2.24, 2.45) is 5.92 Å². The van der Waals surface area contributed by atoms with E-state index in [-0.39, 0.29) is 0 Å². The molecule has 3 heteroatoms. The van der Waals surface area contributed by atoms with Gasteiger partial charge in [-0.3, -0.25) is 4.90 Å². The van der Waals surface area contributed by atoms with Gasteiger partial charge in [0.25, 0.3) is 0 Å². The van der Waals surface area contributed by atoms with Crippen molar-refractivity contribution in [3.63, 3.8) is 0 Å². The third-order valence-electron chi connectivity index (χ3n) is 4.67. The van der Waals surface area contributed by atoms with Crippen LogP contribution in [-0.2, 0) is 6.54 Å². The van der Waals surface area contributed by atoms with Crippen molar-refractivity contribution in [1.82, 2.24) is 10.2 Å². The SMILES string of the molecule is N#Cc1cccc(CN2CCCC(C3CCCN3)C2)c1. The van der Waals surface area contributed by atoms with Crippen LogP contribution in [0.5, 0.6) is 0 Å². The minimum absolute atomic E-state index is 0.739. The van der Waals surface area contributed by atoms with Gasteiger partial charge in [-0.25, -0.2) is 0 Å². The lowest BCUT2D eigenvalue weighted by Crippen LogP contribution is -2.43. The van der Waals surface area contributed by atoms with E-state index in [1.165, 1.54) is 50.9 Å². The number of hydrogen-bond donors (Lipinski definition) is 1. The van der Waals surface area contributed by atoms with E-state index in [4.69, 9.17) is 5.26 Å². The van der Waals surface area contributed by atoms with Gasteiger partial charge in [0.2, 0.25) is 0 Å². The van der Waals surface area contributed by atoms with Crippen LogP contribution < -0.4 is 5.32 Å². The molecule has 2 saturated heterocycles. The summed E-state index contributed by atoms with van der Waals surface area (Å²) >= 11 is 0. The van der Waals surface area contributed by atoms with Crippen LogP contribution in [0, 0.1) is 17.2 Å². The number of hydrogen-bond acceptors (Lipinski definition) is 3. The fourth-order valence-electron chi connectivity index (χ4n) is 3.67. The minimum Gasteiger partial charge on any atom is -0.314 e. The highest BCUT2D eigenvalue weighted by Gasteiger charge is 2.28. The first-order chi connectivity index (χ1) is 9.85. The second-order valence-electron chi connectivity index (χ2n) is 6.15. The summed E-state index contributed by atoms with van der Waals surface area (Å²) in [6.45, 7) is 4.58. The van der Waals surface area contributed by atoms with Gasteiger partial charge in [-0.15, -0.1) is 0 Å². The molecule has 0 radical (unpaired) electrons. The number of rotatable bonds is 3. The maximum absolute atomic E-state index is 8.98. The fraction of sp³-hybridized carbons (Fsp3) is 0.588. The first kappa shape index (κ1) is 13.6. The summed E-state index contributed by atoms with van der Waals surface area (Å²) in [5, 5.41) is 12.6. The lowest BCUT2D eigenvalue weighted by atomic mass is 9.89. The van der Waals surface area contributed by atoms with Crippen LogP contribution in [-0.4, -0.2) is 30.6 Å². The second kappa shape index (κ2) is 6.39. The molecule has 3 rings (SSSR count). The molecule has 0 aliphatic carbocycles. The molecule has 0 aromatic heterocycles. The molecule has 106 valence electrons. The van der Waals surface area contributed by atoms with Crippen LogP contribution >= 0.6 is 0 Å². The molecule has 0 spiro atoms. The van der Waals surface area contributed by atoms with Gasteiger partial charge in [-0.2, -0.15) is 5.26 Å². The van der Waals surface area contributed by atoms with Crippen LogP contribution in [0.1, 0.15) is 36.8 Å².